The highest BCUT2D eigenvalue weighted by Crippen LogP contribution is 2.48. The molecule has 36 heavy (non-hydrogen) atoms. The van der Waals surface area contributed by atoms with Crippen molar-refractivity contribution < 1.29 is 46.1 Å². The first kappa shape index (κ1) is 25.6. The summed E-state index contributed by atoms with van der Waals surface area (Å²) in [5.74, 6) is -2.58. The maximum absolute atomic E-state index is 14.3. The number of methoxy groups -OCH3 is 2. The smallest absolute Gasteiger partial charge is 0.416 e. The number of aromatic nitrogens is 3. The number of para-hydroxylation sites is 1. The maximum atomic E-state index is 14.3. The third kappa shape index (κ3) is 4.55. The Labute approximate surface area is 205 Å². The quantitative estimate of drug-likeness (QED) is 0.342. The number of ether oxygens (including phenoxy) is 3. The Hall–Kier alpha value is -3.45. The molecule has 2 heterocycles. The first-order valence-corrected chi connectivity index (χ1v) is 10.6. The zero-order chi connectivity index (χ0) is 26.4. The van der Waals surface area contributed by atoms with Crippen LogP contribution in [0.5, 0.6) is 11.5 Å². The van der Waals surface area contributed by atoms with E-state index in [9.17, 15) is 31.9 Å². The van der Waals surface area contributed by atoms with Crippen molar-refractivity contribution in [1.29, 1.82) is 0 Å². The van der Waals surface area contributed by atoms with Crippen molar-refractivity contribution in [2.45, 2.75) is 30.2 Å². The number of nitrogens with zero attached hydrogens (tertiary/aromatic N) is 3. The maximum Gasteiger partial charge on any atom is 0.416 e. The molecule has 4 rings (SSSR count). The van der Waals surface area contributed by atoms with E-state index in [4.69, 9.17) is 25.8 Å². The van der Waals surface area contributed by atoms with Crippen LogP contribution in [0.2, 0.25) is 0 Å². The summed E-state index contributed by atoms with van der Waals surface area (Å²) in [4.78, 5) is 11.6. The second-order valence-electron chi connectivity index (χ2n) is 7.67. The third-order valence-corrected chi connectivity index (χ3v) is 5.65. The molecule has 192 valence electrons. The number of carboxylic acids is 1. The molecule has 2 atom stereocenters. The van der Waals surface area contributed by atoms with E-state index in [-0.39, 0.29) is 34.1 Å². The molecule has 0 unspecified atom stereocenters. The lowest BCUT2D eigenvalue weighted by Gasteiger charge is -2.25. The van der Waals surface area contributed by atoms with Crippen LogP contribution in [0.15, 0.2) is 36.4 Å². The van der Waals surface area contributed by atoms with Gasteiger partial charge in [-0.15, -0.1) is 10.2 Å². The van der Waals surface area contributed by atoms with E-state index >= 15 is 0 Å². The normalized spacial score (nSPS) is 17.7. The van der Waals surface area contributed by atoms with Gasteiger partial charge < -0.3 is 19.3 Å². The predicted octanol–water partition coefficient (Wildman–Crippen LogP) is 5.23. The molecule has 2 aromatic carbocycles. The van der Waals surface area contributed by atoms with E-state index in [0.29, 0.717) is 6.07 Å². The monoisotopic (exact) mass is 533 g/mol. The van der Waals surface area contributed by atoms with Gasteiger partial charge in [-0.3, -0.25) is 9.36 Å². The average molecular weight is 534 g/mol. The standard InChI is InChI=1S/C22H17ClF5N3O5/c1-34-14-5-3-4-11(18(14)35-2)17-12-8-10(22(26,27)28)6-7-13(12)31-19(15(36-17)9-16(32)33)29-30-20(31)21(23,24)25/h3-8,15,17H,9H2,1-2H3,(H,32,33)/t15-,17-/m0/s1. The van der Waals surface area contributed by atoms with Crippen LogP contribution in [-0.2, 0) is 21.1 Å². The fourth-order valence-electron chi connectivity index (χ4n) is 4.03. The number of fused-ring (bicyclic) bond motifs is 3. The van der Waals surface area contributed by atoms with Crippen molar-refractivity contribution in [2.24, 2.45) is 0 Å². The first-order valence-electron chi connectivity index (χ1n) is 10.2. The number of carbonyl (C=O) groups is 1. The summed E-state index contributed by atoms with van der Waals surface area (Å²) in [5, 5.41) is 12.4. The summed E-state index contributed by atoms with van der Waals surface area (Å²) >= 11 is 5.22. The lowest BCUT2D eigenvalue weighted by Crippen LogP contribution is -2.17. The van der Waals surface area contributed by atoms with Gasteiger partial charge >= 0.3 is 17.5 Å². The Balaban J connectivity index is 2.08. The second-order valence-corrected chi connectivity index (χ2v) is 8.15. The highest BCUT2D eigenvalue weighted by atomic mass is 35.5. The minimum Gasteiger partial charge on any atom is -0.493 e. The van der Waals surface area contributed by atoms with Gasteiger partial charge in [0.2, 0.25) is 5.82 Å². The summed E-state index contributed by atoms with van der Waals surface area (Å²) in [6.07, 6.45) is -8.49. The molecule has 1 aliphatic heterocycles. The van der Waals surface area contributed by atoms with Crippen LogP contribution in [0.4, 0.5) is 22.0 Å². The zero-order valence-electron chi connectivity index (χ0n) is 18.5. The van der Waals surface area contributed by atoms with Crippen LogP contribution in [0.3, 0.4) is 0 Å². The fourth-order valence-corrected chi connectivity index (χ4v) is 4.15. The van der Waals surface area contributed by atoms with Gasteiger partial charge in [-0.25, -0.2) is 0 Å². The van der Waals surface area contributed by atoms with Gasteiger partial charge in [-0.2, -0.15) is 22.0 Å². The molecule has 1 aromatic heterocycles. The van der Waals surface area contributed by atoms with Gasteiger partial charge in [0, 0.05) is 11.1 Å². The molecule has 3 aromatic rings. The number of alkyl halides is 6. The highest BCUT2D eigenvalue weighted by Gasteiger charge is 2.43. The summed E-state index contributed by atoms with van der Waals surface area (Å²) in [6, 6.07) is 6.88. The number of rotatable bonds is 6. The van der Waals surface area contributed by atoms with Gasteiger partial charge in [-0.1, -0.05) is 12.1 Å². The van der Waals surface area contributed by atoms with Crippen LogP contribution in [-0.4, -0.2) is 40.1 Å². The molecule has 0 fully saturated rings. The molecule has 0 aliphatic carbocycles. The molecular weight excluding hydrogens is 517 g/mol. The van der Waals surface area contributed by atoms with Crippen molar-refractivity contribution in [3.05, 3.63) is 64.7 Å². The molecule has 0 spiro atoms. The Morgan fingerprint density at radius 2 is 1.83 bits per heavy atom. The van der Waals surface area contributed by atoms with Crippen LogP contribution < -0.4 is 9.47 Å². The van der Waals surface area contributed by atoms with E-state index in [0.717, 1.165) is 16.7 Å². The van der Waals surface area contributed by atoms with Gasteiger partial charge in [-0.05, 0) is 35.9 Å². The molecule has 0 amide bonds. The largest absolute Gasteiger partial charge is 0.493 e. The molecule has 0 bridgehead atoms. The van der Waals surface area contributed by atoms with Crippen molar-refractivity contribution >= 4 is 17.6 Å². The first-order chi connectivity index (χ1) is 16.9. The molecule has 0 radical (unpaired) electrons. The lowest BCUT2D eigenvalue weighted by molar-refractivity contribution is -0.141. The second kappa shape index (κ2) is 9.21. The van der Waals surface area contributed by atoms with Crippen molar-refractivity contribution in [1.82, 2.24) is 14.8 Å². The Morgan fingerprint density at radius 3 is 2.42 bits per heavy atom. The number of benzene rings is 2. The average Bonchev–Trinajstić information content (AvgIpc) is 3.21. The van der Waals surface area contributed by atoms with Crippen LogP contribution in [0.1, 0.15) is 47.0 Å². The minimum absolute atomic E-state index is 0.0861. The summed E-state index contributed by atoms with van der Waals surface area (Å²) in [6.45, 7) is 0. The van der Waals surface area contributed by atoms with Gasteiger partial charge in [0.25, 0.3) is 0 Å². The Bertz CT molecular complexity index is 1310. The number of hydrogen-bond acceptors (Lipinski definition) is 6. The molecule has 8 nitrogen and oxygen atoms in total. The van der Waals surface area contributed by atoms with Crippen molar-refractivity contribution in [2.75, 3.05) is 14.2 Å². The van der Waals surface area contributed by atoms with Crippen LogP contribution in [0.25, 0.3) is 5.69 Å². The summed E-state index contributed by atoms with van der Waals surface area (Å²) in [7, 11) is 2.63. The molecule has 14 heteroatoms. The molecule has 1 aliphatic rings. The zero-order valence-corrected chi connectivity index (χ0v) is 19.3. The molecule has 1 N–H and O–H groups in total. The SMILES string of the molecule is COc1cccc([C@@H]2O[C@@H](CC(=O)O)c3nnc(C(F)(F)Cl)n3-c3ccc(C(F)(F)F)cc32)c1OC. The molecule has 0 saturated heterocycles. The Morgan fingerprint density at radius 1 is 1.11 bits per heavy atom. The topological polar surface area (TPSA) is 95.7 Å². The number of carboxylic acid groups (broad SMARTS) is 1. The minimum atomic E-state index is -4.79. The van der Waals surface area contributed by atoms with Crippen molar-refractivity contribution in [3.8, 4) is 17.2 Å². The van der Waals surface area contributed by atoms with E-state index < -0.39 is 47.5 Å². The summed E-state index contributed by atoms with van der Waals surface area (Å²) in [5.41, 5.74) is -1.37. The van der Waals surface area contributed by atoms with Crippen LogP contribution >= 0.6 is 11.6 Å². The molecular formula is C22H17ClF5N3O5. The van der Waals surface area contributed by atoms with Crippen molar-refractivity contribution in [3.63, 3.8) is 0 Å². The van der Waals surface area contributed by atoms with E-state index in [1.54, 1.807) is 0 Å². The third-order valence-electron chi connectivity index (χ3n) is 5.48. The number of halogens is 6. The van der Waals surface area contributed by atoms with E-state index in [2.05, 4.69) is 10.2 Å². The summed E-state index contributed by atoms with van der Waals surface area (Å²) < 4.78 is 86.9. The molecule has 0 saturated carbocycles. The highest BCUT2D eigenvalue weighted by molar-refractivity contribution is 6.21. The van der Waals surface area contributed by atoms with Gasteiger partial charge in [0.15, 0.2) is 17.3 Å². The fraction of sp³-hybridized carbons (Fsp3) is 0.318. The number of aliphatic carboxylic acids is 1. The van der Waals surface area contributed by atoms with Gasteiger partial charge in [0.05, 0.1) is 31.9 Å². The Kier molecular flexibility index (Phi) is 6.56. The predicted molar refractivity (Wildman–Crippen MR) is 114 cm³/mol. The van der Waals surface area contributed by atoms with Crippen LogP contribution in [0, 0.1) is 0 Å². The van der Waals surface area contributed by atoms with E-state index in [1.165, 1.54) is 32.4 Å². The van der Waals surface area contributed by atoms with Gasteiger partial charge in [0.1, 0.15) is 12.2 Å². The number of hydrogen-bond donors (Lipinski definition) is 1. The van der Waals surface area contributed by atoms with E-state index in [1.807, 2.05) is 0 Å². The lowest BCUT2D eigenvalue weighted by atomic mass is 9.96.